The lowest BCUT2D eigenvalue weighted by Crippen LogP contribution is -2.21. The molecule has 1 aliphatic rings. The molecular weight excluding hydrogens is 262 g/mol. The fraction of sp³-hybridized carbons (Fsp3) is 0.500. The molecule has 1 aromatic rings. The minimum absolute atomic E-state index is 0.113. The standard InChI is InChI=1S/C14H20ClN3O/c1-10(19)17-14-5-4-12(9-13(14)15)18-11-3-2-7-16-8-6-11/h4-5,9,11,16,18H,2-3,6-8H2,1H3,(H,17,19). The van der Waals surface area contributed by atoms with Crippen LogP contribution in [-0.2, 0) is 4.79 Å². The Kier molecular flexibility index (Phi) is 5.05. The molecule has 5 heteroatoms. The lowest BCUT2D eigenvalue weighted by Gasteiger charge is -2.18. The Balaban J connectivity index is 2.00. The summed E-state index contributed by atoms with van der Waals surface area (Å²) in [7, 11) is 0. The van der Waals surface area contributed by atoms with Gasteiger partial charge in [0.05, 0.1) is 10.7 Å². The van der Waals surface area contributed by atoms with Crippen LogP contribution in [0, 0.1) is 0 Å². The monoisotopic (exact) mass is 281 g/mol. The highest BCUT2D eigenvalue weighted by atomic mass is 35.5. The second-order valence-corrected chi connectivity index (χ2v) is 5.31. The number of hydrogen-bond acceptors (Lipinski definition) is 3. The third-order valence-corrected chi connectivity index (χ3v) is 3.54. The molecule has 0 radical (unpaired) electrons. The molecule has 1 aliphatic heterocycles. The summed E-state index contributed by atoms with van der Waals surface area (Å²) < 4.78 is 0. The highest BCUT2D eigenvalue weighted by Gasteiger charge is 2.12. The highest BCUT2D eigenvalue weighted by molar-refractivity contribution is 6.34. The Hall–Kier alpha value is -1.26. The predicted octanol–water partition coefficient (Wildman–Crippen LogP) is 2.85. The van der Waals surface area contributed by atoms with Crippen molar-refractivity contribution in [2.24, 2.45) is 0 Å². The van der Waals surface area contributed by atoms with Crippen molar-refractivity contribution < 1.29 is 4.79 Å². The molecule has 2 rings (SSSR count). The third kappa shape index (κ3) is 4.40. The average Bonchev–Trinajstić information content (AvgIpc) is 2.61. The number of amides is 1. The SMILES string of the molecule is CC(=O)Nc1ccc(NC2CCCNCC2)cc1Cl. The maximum atomic E-state index is 11.0. The molecule has 0 saturated carbocycles. The summed E-state index contributed by atoms with van der Waals surface area (Å²) in [6.07, 6.45) is 3.47. The number of carbonyl (C=O) groups excluding carboxylic acids is 1. The third-order valence-electron chi connectivity index (χ3n) is 3.23. The van der Waals surface area contributed by atoms with Crippen LogP contribution in [0.25, 0.3) is 0 Å². The average molecular weight is 282 g/mol. The molecule has 1 fully saturated rings. The van der Waals surface area contributed by atoms with Gasteiger partial charge in [-0.3, -0.25) is 4.79 Å². The van der Waals surface area contributed by atoms with Gasteiger partial charge in [-0.2, -0.15) is 0 Å². The Morgan fingerprint density at radius 2 is 2.21 bits per heavy atom. The van der Waals surface area contributed by atoms with Crippen molar-refractivity contribution in [3.05, 3.63) is 23.2 Å². The molecule has 0 spiro atoms. The van der Waals surface area contributed by atoms with Crippen molar-refractivity contribution in [1.29, 1.82) is 0 Å². The molecule has 1 heterocycles. The van der Waals surface area contributed by atoms with Crippen molar-refractivity contribution >= 4 is 28.9 Å². The van der Waals surface area contributed by atoms with Crippen LogP contribution in [0.2, 0.25) is 5.02 Å². The summed E-state index contributed by atoms with van der Waals surface area (Å²) in [5, 5.41) is 10.2. The van der Waals surface area contributed by atoms with Gasteiger partial charge in [0.1, 0.15) is 0 Å². The number of carbonyl (C=O) groups is 1. The molecule has 1 unspecified atom stereocenters. The molecule has 19 heavy (non-hydrogen) atoms. The molecule has 0 aliphatic carbocycles. The number of nitrogens with one attached hydrogen (secondary N) is 3. The van der Waals surface area contributed by atoms with Crippen molar-refractivity contribution in [2.75, 3.05) is 23.7 Å². The summed E-state index contributed by atoms with van der Waals surface area (Å²) >= 11 is 6.16. The fourth-order valence-electron chi connectivity index (χ4n) is 2.30. The van der Waals surface area contributed by atoms with Crippen LogP contribution in [0.3, 0.4) is 0 Å². The molecule has 0 bridgehead atoms. The van der Waals surface area contributed by atoms with E-state index in [1.54, 1.807) is 0 Å². The molecule has 1 atom stereocenters. The molecule has 3 N–H and O–H groups in total. The van der Waals surface area contributed by atoms with E-state index in [1.165, 1.54) is 13.3 Å². The Labute approximate surface area is 118 Å². The number of anilines is 2. The summed E-state index contributed by atoms with van der Waals surface area (Å²) in [5.74, 6) is -0.113. The predicted molar refractivity (Wildman–Crippen MR) is 79.9 cm³/mol. The van der Waals surface area contributed by atoms with Crippen molar-refractivity contribution in [2.45, 2.75) is 32.2 Å². The van der Waals surface area contributed by atoms with E-state index in [1.807, 2.05) is 18.2 Å². The van der Waals surface area contributed by atoms with Crippen molar-refractivity contribution in [3.8, 4) is 0 Å². The maximum Gasteiger partial charge on any atom is 0.221 e. The second kappa shape index (κ2) is 6.78. The maximum absolute atomic E-state index is 11.0. The van der Waals surface area contributed by atoms with Crippen LogP contribution >= 0.6 is 11.6 Å². The zero-order valence-electron chi connectivity index (χ0n) is 11.1. The molecule has 1 saturated heterocycles. The quantitative estimate of drug-likeness (QED) is 0.798. The van der Waals surface area contributed by atoms with Gasteiger partial charge in [0.2, 0.25) is 5.91 Å². The van der Waals surface area contributed by atoms with Gasteiger partial charge in [-0.15, -0.1) is 0 Å². The molecule has 104 valence electrons. The van der Waals surface area contributed by atoms with E-state index in [0.29, 0.717) is 16.8 Å². The summed E-state index contributed by atoms with van der Waals surface area (Å²) in [6.45, 7) is 3.62. The van der Waals surface area contributed by atoms with Gasteiger partial charge in [0.25, 0.3) is 0 Å². The smallest absolute Gasteiger partial charge is 0.221 e. The topological polar surface area (TPSA) is 53.2 Å². The van der Waals surface area contributed by atoms with Crippen LogP contribution in [0.4, 0.5) is 11.4 Å². The highest BCUT2D eigenvalue weighted by Crippen LogP contribution is 2.26. The summed E-state index contributed by atoms with van der Waals surface area (Å²) in [4.78, 5) is 11.0. The van der Waals surface area contributed by atoms with Gasteiger partial charge in [0, 0.05) is 18.7 Å². The van der Waals surface area contributed by atoms with Crippen LogP contribution < -0.4 is 16.0 Å². The second-order valence-electron chi connectivity index (χ2n) is 4.90. The lowest BCUT2D eigenvalue weighted by molar-refractivity contribution is -0.114. The molecule has 0 aromatic heterocycles. The van der Waals surface area contributed by atoms with Gasteiger partial charge in [-0.05, 0) is 50.6 Å². The largest absolute Gasteiger partial charge is 0.382 e. The Bertz CT molecular complexity index is 442. The van der Waals surface area contributed by atoms with E-state index in [0.717, 1.165) is 31.6 Å². The van der Waals surface area contributed by atoms with E-state index in [2.05, 4.69) is 16.0 Å². The minimum Gasteiger partial charge on any atom is -0.382 e. The van der Waals surface area contributed by atoms with Crippen LogP contribution in [0.15, 0.2) is 18.2 Å². The zero-order chi connectivity index (χ0) is 13.7. The lowest BCUT2D eigenvalue weighted by atomic mass is 10.1. The van der Waals surface area contributed by atoms with Gasteiger partial charge < -0.3 is 16.0 Å². The van der Waals surface area contributed by atoms with Gasteiger partial charge in [-0.1, -0.05) is 11.6 Å². The zero-order valence-corrected chi connectivity index (χ0v) is 11.9. The number of halogens is 1. The van der Waals surface area contributed by atoms with Gasteiger partial charge in [-0.25, -0.2) is 0 Å². The number of benzene rings is 1. The first kappa shape index (κ1) is 14.2. The van der Waals surface area contributed by atoms with Gasteiger partial charge in [0.15, 0.2) is 0 Å². The first-order valence-corrected chi connectivity index (χ1v) is 7.07. The fourth-order valence-corrected chi connectivity index (χ4v) is 2.52. The Morgan fingerprint density at radius 1 is 1.37 bits per heavy atom. The Morgan fingerprint density at radius 3 is 2.95 bits per heavy atom. The van der Waals surface area contributed by atoms with E-state index < -0.39 is 0 Å². The molecule has 1 aromatic carbocycles. The first-order chi connectivity index (χ1) is 9.15. The normalized spacial score (nSPS) is 19.6. The van der Waals surface area contributed by atoms with Crippen LogP contribution in [0.5, 0.6) is 0 Å². The first-order valence-electron chi connectivity index (χ1n) is 6.69. The van der Waals surface area contributed by atoms with E-state index >= 15 is 0 Å². The van der Waals surface area contributed by atoms with Crippen LogP contribution in [0.1, 0.15) is 26.2 Å². The van der Waals surface area contributed by atoms with Crippen molar-refractivity contribution in [3.63, 3.8) is 0 Å². The number of rotatable bonds is 3. The minimum atomic E-state index is -0.113. The molecule has 4 nitrogen and oxygen atoms in total. The number of hydrogen-bond donors (Lipinski definition) is 3. The van der Waals surface area contributed by atoms with E-state index in [9.17, 15) is 4.79 Å². The molecule has 1 amide bonds. The molecular formula is C14H20ClN3O. The van der Waals surface area contributed by atoms with E-state index in [4.69, 9.17) is 11.6 Å². The van der Waals surface area contributed by atoms with Crippen LogP contribution in [-0.4, -0.2) is 25.0 Å². The summed E-state index contributed by atoms with van der Waals surface area (Å²) in [6, 6.07) is 6.14. The summed E-state index contributed by atoms with van der Waals surface area (Å²) in [5.41, 5.74) is 1.66. The van der Waals surface area contributed by atoms with Gasteiger partial charge >= 0.3 is 0 Å². The van der Waals surface area contributed by atoms with E-state index in [-0.39, 0.29) is 5.91 Å². The van der Waals surface area contributed by atoms with Crippen molar-refractivity contribution in [1.82, 2.24) is 5.32 Å².